The summed E-state index contributed by atoms with van der Waals surface area (Å²) in [4.78, 5) is 0. The molecule has 0 bridgehead atoms. The van der Waals surface area contributed by atoms with Crippen LogP contribution in [0.1, 0.15) is 0 Å². The highest BCUT2D eigenvalue weighted by Crippen LogP contribution is 2.17. The molecule has 0 N–H and O–H groups in total. The Morgan fingerprint density at radius 2 is 2.27 bits per heavy atom. The molecule has 0 fully saturated rings. The summed E-state index contributed by atoms with van der Waals surface area (Å²) in [5.41, 5.74) is 0.585. The number of alkyl halides is 2. The number of ether oxygens (including phenoxy) is 1. The van der Waals surface area contributed by atoms with Gasteiger partial charge in [-0.25, -0.2) is 4.68 Å². The SMILES string of the molecule is FC(F)Oc1cccc(-n2c[c]nn2)c1. The molecule has 4 nitrogen and oxygen atoms in total. The molecule has 2 rings (SSSR count). The van der Waals surface area contributed by atoms with E-state index in [1.807, 2.05) is 0 Å². The zero-order valence-electron chi connectivity index (χ0n) is 7.47. The molecule has 0 atom stereocenters. The second-order valence-corrected chi connectivity index (χ2v) is 2.67. The second kappa shape index (κ2) is 4.04. The fourth-order valence-electron chi connectivity index (χ4n) is 1.11. The van der Waals surface area contributed by atoms with Crippen molar-refractivity contribution in [2.24, 2.45) is 0 Å². The summed E-state index contributed by atoms with van der Waals surface area (Å²) in [5, 5.41) is 7.16. The predicted molar refractivity (Wildman–Crippen MR) is 46.8 cm³/mol. The van der Waals surface area contributed by atoms with Crippen LogP contribution in [-0.4, -0.2) is 21.6 Å². The Bertz CT molecular complexity index is 431. The van der Waals surface area contributed by atoms with Crippen molar-refractivity contribution in [2.45, 2.75) is 6.61 Å². The van der Waals surface area contributed by atoms with Crippen molar-refractivity contribution in [3.05, 3.63) is 36.7 Å². The Hall–Kier alpha value is -1.98. The van der Waals surface area contributed by atoms with Crippen LogP contribution in [0.2, 0.25) is 0 Å². The van der Waals surface area contributed by atoms with Gasteiger partial charge in [0, 0.05) is 6.07 Å². The summed E-state index contributed by atoms with van der Waals surface area (Å²) >= 11 is 0. The van der Waals surface area contributed by atoms with Gasteiger partial charge in [0.1, 0.15) is 11.9 Å². The summed E-state index contributed by atoms with van der Waals surface area (Å²) in [5.74, 6) is 0.0815. The minimum Gasteiger partial charge on any atom is -0.435 e. The van der Waals surface area contributed by atoms with Gasteiger partial charge < -0.3 is 4.74 Å². The van der Waals surface area contributed by atoms with Gasteiger partial charge in [0.15, 0.2) is 0 Å². The van der Waals surface area contributed by atoms with Crippen LogP contribution < -0.4 is 4.74 Å². The Morgan fingerprint density at radius 3 is 2.93 bits per heavy atom. The maximum Gasteiger partial charge on any atom is 0.387 e. The van der Waals surface area contributed by atoms with Crippen LogP contribution in [0.4, 0.5) is 8.78 Å². The fourth-order valence-corrected chi connectivity index (χ4v) is 1.11. The standard InChI is InChI=1S/C9H6F2N3O/c10-9(11)15-8-3-1-2-7(6-8)14-5-4-12-13-14/h1-3,5-6,9H. The highest BCUT2D eigenvalue weighted by Gasteiger charge is 2.05. The summed E-state index contributed by atoms with van der Waals surface area (Å²) in [6.45, 7) is -2.83. The van der Waals surface area contributed by atoms with Crippen molar-refractivity contribution in [3.63, 3.8) is 0 Å². The van der Waals surface area contributed by atoms with Gasteiger partial charge in [-0.3, -0.25) is 0 Å². The highest BCUT2D eigenvalue weighted by atomic mass is 19.3. The third-order valence-electron chi connectivity index (χ3n) is 1.69. The molecular formula is C9H6F2N3O. The quantitative estimate of drug-likeness (QED) is 0.773. The minimum atomic E-state index is -2.83. The van der Waals surface area contributed by atoms with Crippen LogP contribution in [-0.2, 0) is 0 Å². The van der Waals surface area contributed by atoms with Crippen LogP contribution >= 0.6 is 0 Å². The molecule has 0 spiro atoms. The van der Waals surface area contributed by atoms with Crippen LogP contribution in [0.15, 0.2) is 30.5 Å². The Labute approximate surface area is 84.1 Å². The van der Waals surface area contributed by atoms with E-state index >= 15 is 0 Å². The lowest BCUT2D eigenvalue weighted by molar-refractivity contribution is -0.0498. The van der Waals surface area contributed by atoms with E-state index in [0.717, 1.165) is 0 Å². The van der Waals surface area contributed by atoms with Crippen molar-refractivity contribution in [3.8, 4) is 11.4 Å². The molecule has 0 aliphatic heterocycles. The summed E-state index contributed by atoms with van der Waals surface area (Å²) in [6, 6.07) is 6.17. The van der Waals surface area contributed by atoms with Gasteiger partial charge in [0.25, 0.3) is 0 Å². The summed E-state index contributed by atoms with van der Waals surface area (Å²) in [7, 11) is 0. The monoisotopic (exact) mass is 210 g/mol. The van der Waals surface area contributed by atoms with E-state index in [1.165, 1.54) is 23.0 Å². The molecule has 0 aliphatic carbocycles. The molecule has 0 saturated carbocycles. The van der Waals surface area contributed by atoms with Gasteiger partial charge in [-0.05, 0) is 12.1 Å². The van der Waals surface area contributed by atoms with Gasteiger partial charge in [-0.15, -0.1) is 5.10 Å². The number of aromatic nitrogens is 3. The molecule has 15 heavy (non-hydrogen) atoms. The first-order chi connectivity index (χ1) is 7.25. The molecule has 1 aromatic heterocycles. The van der Waals surface area contributed by atoms with Crippen LogP contribution in [0.25, 0.3) is 5.69 Å². The van der Waals surface area contributed by atoms with Gasteiger partial charge in [0.2, 0.25) is 0 Å². The molecule has 0 saturated heterocycles. The first-order valence-corrected chi connectivity index (χ1v) is 4.09. The zero-order valence-corrected chi connectivity index (χ0v) is 7.47. The van der Waals surface area contributed by atoms with Crippen LogP contribution in [0.3, 0.4) is 0 Å². The Kier molecular flexibility index (Phi) is 2.57. The molecular weight excluding hydrogens is 204 g/mol. The first kappa shape index (κ1) is 9.57. The topological polar surface area (TPSA) is 39.9 Å². The lowest BCUT2D eigenvalue weighted by Gasteiger charge is -2.05. The maximum atomic E-state index is 11.9. The van der Waals surface area contributed by atoms with E-state index in [2.05, 4.69) is 21.2 Å². The van der Waals surface area contributed by atoms with Gasteiger partial charge in [-0.1, -0.05) is 11.3 Å². The van der Waals surface area contributed by atoms with E-state index in [-0.39, 0.29) is 5.75 Å². The Balaban J connectivity index is 2.27. The second-order valence-electron chi connectivity index (χ2n) is 2.67. The number of halogens is 2. The van der Waals surface area contributed by atoms with E-state index in [0.29, 0.717) is 5.69 Å². The molecule has 1 radical (unpaired) electrons. The number of benzene rings is 1. The summed E-state index contributed by atoms with van der Waals surface area (Å²) < 4.78 is 29.5. The van der Waals surface area contributed by atoms with E-state index in [4.69, 9.17) is 0 Å². The average Bonchev–Trinajstić information content (AvgIpc) is 2.69. The van der Waals surface area contributed by atoms with Crippen molar-refractivity contribution in [1.29, 1.82) is 0 Å². The highest BCUT2D eigenvalue weighted by molar-refractivity contribution is 5.38. The van der Waals surface area contributed by atoms with E-state index in [1.54, 1.807) is 12.1 Å². The molecule has 0 unspecified atom stereocenters. The van der Waals surface area contributed by atoms with Crippen LogP contribution in [0, 0.1) is 6.20 Å². The molecule has 77 valence electrons. The maximum absolute atomic E-state index is 11.9. The number of hydrogen-bond donors (Lipinski definition) is 0. The average molecular weight is 210 g/mol. The van der Waals surface area contributed by atoms with Gasteiger partial charge >= 0.3 is 6.61 Å². The Morgan fingerprint density at radius 1 is 1.40 bits per heavy atom. The number of nitrogens with zero attached hydrogens (tertiary/aromatic N) is 3. The van der Waals surface area contributed by atoms with E-state index in [9.17, 15) is 8.78 Å². The molecule has 0 aliphatic rings. The summed E-state index contributed by atoms with van der Waals surface area (Å²) in [6.07, 6.45) is 3.99. The number of rotatable bonds is 3. The van der Waals surface area contributed by atoms with Crippen molar-refractivity contribution in [1.82, 2.24) is 15.0 Å². The molecule has 0 amide bonds. The molecule has 1 heterocycles. The normalized spacial score (nSPS) is 10.6. The lowest BCUT2D eigenvalue weighted by Crippen LogP contribution is -2.03. The smallest absolute Gasteiger partial charge is 0.387 e. The first-order valence-electron chi connectivity index (χ1n) is 4.09. The van der Waals surface area contributed by atoms with Crippen molar-refractivity contribution in [2.75, 3.05) is 0 Å². The molecule has 6 heteroatoms. The minimum absolute atomic E-state index is 0.0815. The van der Waals surface area contributed by atoms with Crippen molar-refractivity contribution < 1.29 is 13.5 Å². The van der Waals surface area contributed by atoms with Crippen LogP contribution in [0.5, 0.6) is 5.75 Å². The molecule has 2 aromatic rings. The lowest BCUT2D eigenvalue weighted by atomic mass is 10.3. The van der Waals surface area contributed by atoms with Gasteiger partial charge in [0.05, 0.1) is 11.9 Å². The van der Waals surface area contributed by atoms with Gasteiger partial charge in [-0.2, -0.15) is 8.78 Å². The number of hydrogen-bond acceptors (Lipinski definition) is 3. The van der Waals surface area contributed by atoms with E-state index < -0.39 is 6.61 Å². The fraction of sp³-hybridized carbons (Fsp3) is 0.111. The molecule has 1 aromatic carbocycles. The zero-order chi connectivity index (χ0) is 10.7. The largest absolute Gasteiger partial charge is 0.435 e. The predicted octanol–water partition coefficient (Wildman–Crippen LogP) is 1.67. The third kappa shape index (κ3) is 2.28. The van der Waals surface area contributed by atoms with Crippen molar-refractivity contribution >= 4 is 0 Å². The third-order valence-corrected chi connectivity index (χ3v) is 1.69.